The zero-order valence-corrected chi connectivity index (χ0v) is 13.1. The average molecular weight is 344 g/mol. The number of fused-ring (bicyclic) bond motifs is 1. The lowest BCUT2D eigenvalue weighted by Gasteiger charge is -2.41. The molecule has 2 aliphatic rings. The molecule has 10 heteroatoms. The number of amidine groups is 1. The maximum Gasteiger partial charge on any atom is 0.417 e. The quantitative estimate of drug-likeness (QED) is 0.774. The molecule has 0 aromatic rings. The fourth-order valence-corrected chi connectivity index (χ4v) is 3.54. The van der Waals surface area contributed by atoms with Gasteiger partial charge in [-0.3, -0.25) is 4.99 Å². The number of halogens is 3. The monoisotopic (exact) mass is 344 g/mol. The maximum absolute atomic E-state index is 13.1. The molecule has 1 fully saturated rings. The number of rotatable bonds is 3. The van der Waals surface area contributed by atoms with Crippen molar-refractivity contribution < 1.29 is 32.9 Å². The Labute approximate surface area is 130 Å². The summed E-state index contributed by atoms with van der Waals surface area (Å²) in [5.74, 6) is 0. The molecule has 0 bridgehead atoms. The highest BCUT2D eigenvalue weighted by Crippen LogP contribution is 2.40. The molecule has 6 nitrogen and oxygen atoms in total. The Balaban J connectivity index is 2.20. The molecule has 128 valence electrons. The smallest absolute Gasteiger partial charge is 0.388 e. The van der Waals surface area contributed by atoms with Crippen molar-refractivity contribution in [1.29, 1.82) is 0 Å². The molecule has 0 aliphatic carbocycles. The lowest BCUT2D eigenvalue weighted by atomic mass is 9.94. The molecule has 6 atom stereocenters. The second kappa shape index (κ2) is 6.52. The molecule has 1 unspecified atom stereocenters. The van der Waals surface area contributed by atoms with Crippen LogP contribution < -0.4 is 0 Å². The molecule has 2 heterocycles. The van der Waals surface area contributed by atoms with Gasteiger partial charge in [-0.2, -0.15) is 13.2 Å². The van der Waals surface area contributed by atoms with E-state index >= 15 is 0 Å². The minimum atomic E-state index is -4.71. The fraction of sp³-hybridized carbons (Fsp3) is 0.917. The van der Waals surface area contributed by atoms with Gasteiger partial charge in [-0.05, 0) is 6.92 Å². The number of hydrogen-bond acceptors (Lipinski definition) is 7. The van der Waals surface area contributed by atoms with Crippen molar-refractivity contribution in [2.24, 2.45) is 4.99 Å². The molecule has 2 aliphatic heterocycles. The number of hydrogen-bond donors (Lipinski definition) is 2. The van der Waals surface area contributed by atoms with Crippen LogP contribution in [0, 0.1) is 0 Å². The van der Waals surface area contributed by atoms with Crippen molar-refractivity contribution in [2.45, 2.75) is 49.0 Å². The first-order valence-electron chi connectivity index (χ1n) is 6.78. The molecule has 0 amide bonds. The summed E-state index contributed by atoms with van der Waals surface area (Å²) >= 11 is 1.12. The van der Waals surface area contributed by atoms with E-state index in [4.69, 9.17) is 9.47 Å². The molecule has 2 rings (SSSR count). The summed E-state index contributed by atoms with van der Waals surface area (Å²) in [6.07, 6.45) is -11.9. The summed E-state index contributed by atoms with van der Waals surface area (Å²) in [4.78, 5) is 5.86. The van der Waals surface area contributed by atoms with Crippen LogP contribution >= 0.6 is 11.8 Å². The molecule has 0 spiro atoms. The summed E-state index contributed by atoms with van der Waals surface area (Å²) in [6.45, 7) is 1.23. The topological polar surface area (TPSA) is 74.5 Å². The van der Waals surface area contributed by atoms with Gasteiger partial charge in [0.2, 0.25) is 0 Å². The zero-order valence-electron chi connectivity index (χ0n) is 12.3. The first kappa shape index (κ1) is 17.8. The largest absolute Gasteiger partial charge is 0.417 e. The first-order valence-corrected chi connectivity index (χ1v) is 7.66. The van der Waals surface area contributed by atoms with Crippen LogP contribution in [0.2, 0.25) is 0 Å². The van der Waals surface area contributed by atoms with Crippen LogP contribution in [0.25, 0.3) is 0 Å². The molecular formula is C12H19F3N2O4S. The van der Waals surface area contributed by atoms with E-state index in [0.29, 0.717) is 5.17 Å². The summed E-state index contributed by atoms with van der Waals surface area (Å²) < 4.78 is 49.4. The number of aliphatic imine (C=N–C) groups is 1. The van der Waals surface area contributed by atoms with E-state index in [2.05, 4.69) is 4.99 Å². The van der Waals surface area contributed by atoms with Gasteiger partial charge in [-0.15, -0.1) is 0 Å². The molecule has 0 radical (unpaired) electrons. The van der Waals surface area contributed by atoms with Gasteiger partial charge in [0.1, 0.15) is 29.8 Å². The van der Waals surface area contributed by atoms with Crippen molar-refractivity contribution >= 4 is 16.9 Å². The second-order valence-corrected chi connectivity index (χ2v) is 6.35. The van der Waals surface area contributed by atoms with Crippen LogP contribution in [0.1, 0.15) is 6.92 Å². The molecule has 0 aromatic carbocycles. The number of thioether (sulfide) groups is 1. The van der Waals surface area contributed by atoms with Gasteiger partial charge in [0.25, 0.3) is 0 Å². The van der Waals surface area contributed by atoms with E-state index in [1.54, 1.807) is 19.0 Å². The second-order valence-electron chi connectivity index (χ2n) is 5.28. The fourth-order valence-electron chi connectivity index (χ4n) is 2.40. The zero-order chi connectivity index (χ0) is 16.7. The van der Waals surface area contributed by atoms with Crippen LogP contribution in [-0.2, 0) is 9.47 Å². The van der Waals surface area contributed by atoms with Gasteiger partial charge < -0.3 is 24.6 Å². The number of aliphatic hydroxyl groups is 2. The highest BCUT2D eigenvalue weighted by atomic mass is 32.2. The van der Waals surface area contributed by atoms with Gasteiger partial charge in [0, 0.05) is 20.7 Å². The van der Waals surface area contributed by atoms with Crippen molar-refractivity contribution in [1.82, 2.24) is 4.90 Å². The molecule has 0 saturated carbocycles. The SMILES string of the molecule is CCOC([C@H]1O[C@@H]2SC(N(C)C)=N[C@@H]2[C@@H](O)[C@@H]1O)C(F)(F)F. The minimum absolute atomic E-state index is 0.187. The predicted molar refractivity (Wildman–Crippen MR) is 74.6 cm³/mol. The standard InChI is InChI=1S/C12H19F3N2O4S/c1-4-20-9(12(13,14)15)8-7(19)6(18)5-10(21-8)22-11(16-5)17(2)3/h5-10,18-19H,4H2,1-3H3/t5-,6-,7+,8+,9?,10-/m1/s1. The van der Waals surface area contributed by atoms with Gasteiger partial charge in [0.15, 0.2) is 11.3 Å². The first-order chi connectivity index (χ1) is 10.2. The third-order valence-electron chi connectivity index (χ3n) is 3.44. The van der Waals surface area contributed by atoms with Crippen LogP contribution in [0.4, 0.5) is 13.2 Å². The van der Waals surface area contributed by atoms with E-state index in [1.165, 1.54) is 6.92 Å². The Morgan fingerprint density at radius 2 is 2.00 bits per heavy atom. The predicted octanol–water partition coefficient (Wildman–Crippen LogP) is 0.433. The molecular weight excluding hydrogens is 325 g/mol. The van der Waals surface area contributed by atoms with Crippen LogP contribution in [0.3, 0.4) is 0 Å². The minimum Gasteiger partial charge on any atom is -0.388 e. The van der Waals surface area contributed by atoms with Crippen LogP contribution in [-0.4, -0.2) is 83.1 Å². The lowest BCUT2D eigenvalue weighted by molar-refractivity contribution is -0.283. The van der Waals surface area contributed by atoms with Crippen molar-refractivity contribution in [3.63, 3.8) is 0 Å². The van der Waals surface area contributed by atoms with E-state index < -0.39 is 42.1 Å². The number of ether oxygens (including phenoxy) is 2. The van der Waals surface area contributed by atoms with Gasteiger partial charge in [0.05, 0.1) is 0 Å². The molecule has 22 heavy (non-hydrogen) atoms. The third kappa shape index (κ3) is 3.35. The maximum atomic E-state index is 13.1. The van der Waals surface area contributed by atoms with E-state index in [1.807, 2.05) is 0 Å². The normalized spacial score (nSPS) is 36.7. The average Bonchev–Trinajstić information content (AvgIpc) is 2.83. The van der Waals surface area contributed by atoms with Gasteiger partial charge >= 0.3 is 6.18 Å². The Morgan fingerprint density at radius 3 is 2.50 bits per heavy atom. The van der Waals surface area contributed by atoms with Gasteiger partial charge in [-0.1, -0.05) is 11.8 Å². The van der Waals surface area contributed by atoms with Crippen LogP contribution in [0.15, 0.2) is 4.99 Å². The Hall–Kier alpha value is -0.550. The highest BCUT2D eigenvalue weighted by Gasteiger charge is 2.57. The Bertz CT molecular complexity index is 435. The molecule has 2 N–H and O–H groups in total. The summed E-state index contributed by atoms with van der Waals surface area (Å²) in [5, 5.41) is 20.7. The number of aliphatic hydroxyl groups excluding tert-OH is 2. The van der Waals surface area contributed by atoms with Crippen molar-refractivity contribution in [2.75, 3.05) is 20.7 Å². The molecule has 0 aromatic heterocycles. The van der Waals surface area contributed by atoms with E-state index in [0.717, 1.165) is 11.8 Å². The Morgan fingerprint density at radius 1 is 1.36 bits per heavy atom. The van der Waals surface area contributed by atoms with Crippen molar-refractivity contribution in [3.8, 4) is 0 Å². The Kier molecular flexibility index (Phi) is 5.27. The van der Waals surface area contributed by atoms with E-state index in [9.17, 15) is 23.4 Å². The lowest BCUT2D eigenvalue weighted by Crippen LogP contribution is -2.61. The highest BCUT2D eigenvalue weighted by molar-refractivity contribution is 8.14. The molecule has 1 saturated heterocycles. The van der Waals surface area contributed by atoms with Crippen molar-refractivity contribution in [3.05, 3.63) is 0 Å². The van der Waals surface area contributed by atoms with Crippen LogP contribution in [0.5, 0.6) is 0 Å². The number of alkyl halides is 3. The summed E-state index contributed by atoms with van der Waals surface area (Å²) in [7, 11) is 3.45. The number of nitrogens with zero attached hydrogens (tertiary/aromatic N) is 2. The van der Waals surface area contributed by atoms with E-state index in [-0.39, 0.29) is 6.61 Å². The third-order valence-corrected chi connectivity index (χ3v) is 4.74. The van der Waals surface area contributed by atoms with Gasteiger partial charge in [-0.25, -0.2) is 0 Å². The summed E-state index contributed by atoms with van der Waals surface area (Å²) in [6, 6.07) is -0.802. The summed E-state index contributed by atoms with van der Waals surface area (Å²) in [5.41, 5.74) is -0.786.